The molecule has 0 aromatic heterocycles. The van der Waals surface area contributed by atoms with Crippen LogP contribution in [-0.4, -0.2) is 52.9 Å². The van der Waals surface area contributed by atoms with E-state index in [1.54, 1.807) is 24.3 Å². The zero-order valence-corrected chi connectivity index (χ0v) is 11.0. The van der Waals surface area contributed by atoms with Crippen LogP contribution in [-0.2, 0) is 16.1 Å². The standard InChI is InChI=1S/C14H17NO5/c16-13(17)7-11-9-20-6-5-15(11)8-10-3-1-2-4-12(10)14(18)19/h1-4,11H,5-9H2,(H,16,17)(H,18,19)/t11-/m1/s1. The van der Waals surface area contributed by atoms with Gasteiger partial charge in [0.25, 0.3) is 0 Å². The zero-order chi connectivity index (χ0) is 14.5. The summed E-state index contributed by atoms with van der Waals surface area (Å²) in [6.07, 6.45) is -0.00472. The van der Waals surface area contributed by atoms with Crippen molar-refractivity contribution in [1.29, 1.82) is 0 Å². The highest BCUT2D eigenvalue weighted by Gasteiger charge is 2.26. The highest BCUT2D eigenvalue weighted by atomic mass is 16.5. The lowest BCUT2D eigenvalue weighted by Crippen LogP contribution is -2.46. The van der Waals surface area contributed by atoms with Crippen molar-refractivity contribution in [3.05, 3.63) is 35.4 Å². The molecule has 0 spiro atoms. The van der Waals surface area contributed by atoms with Crippen LogP contribution in [0, 0.1) is 0 Å². The number of carboxylic acid groups (broad SMARTS) is 2. The number of hydrogen-bond donors (Lipinski definition) is 2. The Morgan fingerprint density at radius 2 is 2.05 bits per heavy atom. The lowest BCUT2D eigenvalue weighted by Gasteiger charge is -2.35. The van der Waals surface area contributed by atoms with Gasteiger partial charge in [-0.1, -0.05) is 18.2 Å². The Morgan fingerprint density at radius 1 is 1.30 bits per heavy atom. The van der Waals surface area contributed by atoms with Crippen LogP contribution in [0.2, 0.25) is 0 Å². The first-order valence-corrected chi connectivity index (χ1v) is 6.42. The monoisotopic (exact) mass is 279 g/mol. The summed E-state index contributed by atoms with van der Waals surface area (Å²) < 4.78 is 5.31. The van der Waals surface area contributed by atoms with Gasteiger partial charge in [-0.3, -0.25) is 9.69 Å². The minimum Gasteiger partial charge on any atom is -0.481 e. The molecule has 0 aliphatic carbocycles. The Kier molecular flexibility index (Phi) is 4.70. The molecular formula is C14H17NO5. The average molecular weight is 279 g/mol. The molecular weight excluding hydrogens is 262 g/mol. The Labute approximate surface area is 116 Å². The molecule has 1 heterocycles. The Hall–Kier alpha value is -1.92. The predicted molar refractivity (Wildman–Crippen MR) is 70.7 cm³/mol. The number of rotatable bonds is 5. The first-order chi connectivity index (χ1) is 9.58. The van der Waals surface area contributed by atoms with Crippen molar-refractivity contribution in [2.45, 2.75) is 19.0 Å². The Morgan fingerprint density at radius 3 is 2.75 bits per heavy atom. The van der Waals surface area contributed by atoms with Crippen molar-refractivity contribution in [2.75, 3.05) is 19.8 Å². The third-order valence-electron chi connectivity index (χ3n) is 3.38. The molecule has 6 heteroatoms. The van der Waals surface area contributed by atoms with Crippen LogP contribution >= 0.6 is 0 Å². The van der Waals surface area contributed by atoms with Crippen LogP contribution in [0.4, 0.5) is 0 Å². The third kappa shape index (κ3) is 3.55. The van der Waals surface area contributed by atoms with Gasteiger partial charge in [0.15, 0.2) is 0 Å². The summed E-state index contributed by atoms with van der Waals surface area (Å²) in [5, 5.41) is 18.1. The highest BCUT2D eigenvalue weighted by molar-refractivity contribution is 5.89. The third-order valence-corrected chi connectivity index (χ3v) is 3.38. The maximum Gasteiger partial charge on any atom is 0.336 e. The molecule has 1 aromatic carbocycles. The summed E-state index contributed by atoms with van der Waals surface area (Å²) in [4.78, 5) is 24.0. The fourth-order valence-electron chi connectivity index (χ4n) is 2.37. The molecule has 1 aliphatic heterocycles. The minimum atomic E-state index is -0.969. The van der Waals surface area contributed by atoms with E-state index in [-0.39, 0.29) is 18.0 Å². The molecule has 0 saturated carbocycles. The van der Waals surface area contributed by atoms with Crippen LogP contribution < -0.4 is 0 Å². The fourth-order valence-corrected chi connectivity index (χ4v) is 2.37. The summed E-state index contributed by atoms with van der Waals surface area (Å²) in [5.74, 6) is -1.85. The molecule has 6 nitrogen and oxygen atoms in total. The van der Waals surface area contributed by atoms with Gasteiger partial charge >= 0.3 is 11.9 Å². The van der Waals surface area contributed by atoms with Gasteiger partial charge < -0.3 is 14.9 Å². The number of ether oxygens (including phenoxy) is 1. The largest absolute Gasteiger partial charge is 0.481 e. The van der Waals surface area contributed by atoms with Gasteiger partial charge in [-0.25, -0.2) is 4.79 Å². The van der Waals surface area contributed by atoms with Crippen molar-refractivity contribution in [2.24, 2.45) is 0 Å². The van der Waals surface area contributed by atoms with E-state index in [0.29, 0.717) is 31.9 Å². The summed E-state index contributed by atoms with van der Waals surface area (Å²) in [5.41, 5.74) is 0.949. The number of hydrogen-bond acceptors (Lipinski definition) is 4. The van der Waals surface area contributed by atoms with Gasteiger partial charge in [-0.2, -0.15) is 0 Å². The first-order valence-electron chi connectivity index (χ1n) is 6.42. The molecule has 0 unspecified atom stereocenters. The van der Waals surface area contributed by atoms with Crippen LogP contribution in [0.15, 0.2) is 24.3 Å². The van der Waals surface area contributed by atoms with E-state index in [4.69, 9.17) is 14.9 Å². The van der Waals surface area contributed by atoms with Crippen LogP contribution in [0.25, 0.3) is 0 Å². The second-order valence-corrected chi connectivity index (χ2v) is 4.76. The molecule has 1 aromatic rings. The van der Waals surface area contributed by atoms with E-state index in [2.05, 4.69) is 0 Å². The Bertz CT molecular complexity index is 502. The molecule has 1 atom stereocenters. The number of aromatic carboxylic acids is 1. The molecule has 0 radical (unpaired) electrons. The van der Waals surface area contributed by atoms with Crippen molar-refractivity contribution in [3.8, 4) is 0 Å². The van der Waals surface area contributed by atoms with E-state index in [1.165, 1.54) is 0 Å². The summed E-state index contributed by atoms with van der Waals surface area (Å²) in [6, 6.07) is 6.57. The molecule has 2 rings (SSSR count). The van der Waals surface area contributed by atoms with Gasteiger partial charge in [0.05, 0.1) is 25.2 Å². The number of carbonyl (C=O) groups is 2. The second-order valence-electron chi connectivity index (χ2n) is 4.76. The summed E-state index contributed by atoms with van der Waals surface area (Å²) >= 11 is 0. The van der Waals surface area contributed by atoms with E-state index < -0.39 is 11.9 Å². The quantitative estimate of drug-likeness (QED) is 0.838. The van der Waals surface area contributed by atoms with Gasteiger partial charge in [-0.15, -0.1) is 0 Å². The molecule has 1 fully saturated rings. The normalized spacial score (nSPS) is 19.7. The van der Waals surface area contributed by atoms with Gasteiger partial charge in [0.1, 0.15) is 0 Å². The van der Waals surface area contributed by atoms with E-state index in [9.17, 15) is 9.59 Å². The van der Waals surface area contributed by atoms with Gasteiger partial charge in [0, 0.05) is 19.1 Å². The number of aliphatic carboxylic acids is 1. The number of carboxylic acids is 2. The molecule has 1 saturated heterocycles. The van der Waals surface area contributed by atoms with E-state index in [0.717, 1.165) is 0 Å². The number of benzene rings is 1. The maximum atomic E-state index is 11.2. The fraction of sp³-hybridized carbons (Fsp3) is 0.429. The Balaban J connectivity index is 2.14. The summed E-state index contributed by atoms with van der Waals surface area (Å²) in [7, 11) is 0. The average Bonchev–Trinajstić information content (AvgIpc) is 2.41. The van der Waals surface area contributed by atoms with Crippen molar-refractivity contribution in [3.63, 3.8) is 0 Å². The molecule has 20 heavy (non-hydrogen) atoms. The maximum absolute atomic E-state index is 11.2. The van der Waals surface area contributed by atoms with Crippen LogP contribution in [0.3, 0.4) is 0 Å². The minimum absolute atomic E-state index is 0.00472. The lowest BCUT2D eigenvalue weighted by molar-refractivity contribution is -0.140. The smallest absolute Gasteiger partial charge is 0.336 e. The summed E-state index contributed by atoms with van der Waals surface area (Å²) in [6.45, 7) is 1.92. The number of nitrogens with zero attached hydrogens (tertiary/aromatic N) is 1. The lowest BCUT2D eigenvalue weighted by atomic mass is 10.0. The molecule has 0 amide bonds. The van der Waals surface area contributed by atoms with Gasteiger partial charge in [0.2, 0.25) is 0 Å². The zero-order valence-electron chi connectivity index (χ0n) is 11.0. The highest BCUT2D eigenvalue weighted by Crippen LogP contribution is 2.17. The second kappa shape index (κ2) is 6.49. The molecule has 1 aliphatic rings. The van der Waals surface area contributed by atoms with Crippen molar-refractivity contribution in [1.82, 2.24) is 4.90 Å². The van der Waals surface area contributed by atoms with Crippen molar-refractivity contribution >= 4 is 11.9 Å². The van der Waals surface area contributed by atoms with Crippen LogP contribution in [0.1, 0.15) is 22.3 Å². The molecule has 2 N–H and O–H groups in total. The van der Waals surface area contributed by atoms with Crippen molar-refractivity contribution < 1.29 is 24.5 Å². The molecule has 0 bridgehead atoms. The van der Waals surface area contributed by atoms with Crippen LogP contribution in [0.5, 0.6) is 0 Å². The molecule has 108 valence electrons. The van der Waals surface area contributed by atoms with E-state index in [1.807, 2.05) is 4.90 Å². The number of morpholine rings is 1. The SMILES string of the molecule is O=C(O)C[C@@H]1COCCN1Cc1ccccc1C(=O)O. The van der Waals surface area contributed by atoms with E-state index >= 15 is 0 Å². The predicted octanol–water partition coefficient (Wildman–Crippen LogP) is 1.06. The first kappa shape index (κ1) is 14.5. The van der Waals surface area contributed by atoms with Gasteiger partial charge in [-0.05, 0) is 11.6 Å². The topological polar surface area (TPSA) is 87.1 Å².